The smallest absolute Gasteiger partial charge is 0.200 e. The first-order chi connectivity index (χ1) is 8.79. The summed E-state index contributed by atoms with van der Waals surface area (Å²) in [6, 6.07) is 12.5. The maximum absolute atomic E-state index is 12.3. The molecule has 3 rings (SSSR count). The Morgan fingerprint density at radius 2 is 1.83 bits per heavy atom. The predicted octanol–water partition coefficient (Wildman–Crippen LogP) is 3.34. The second kappa shape index (κ2) is 4.18. The monoisotopic (exact) mass is 240 g/mol. The van der Waals surface area contributed by atoms with Crippen LogP contribution in [-0.2, 0) is 0 Å². The summed E-state index contributed by atoms with van der Waals surface area (Å²) in [5.41, 5.74) is 1.16. The van der Waals surface area contributed by atoms with Gasteiger partial charge in [0, 0.05) is 6.07 Å². The van der Waals surface area contributed by atoms with Crippen molar-refractivity contribution in [2.75, 3.05) is 6.61 Å². The number of benzene rings is 2. The molecule has 1 aromatic heterocycles. The molecule has 0 aliphatic rings. The van der Waals surface area contributed by atoms with E-state index >= 15 is 0 Å². The lowest BCUT2D eigenvalue weighted by molar-refractivity contribution is 0.340. The SMILES string of the molecule is CCOc1ccc2c(=O)c3ccccc3oc2c1. The van der Waals surface area contributed by atoms with Crippen LogP contribution >= 0.6 is 0 Å². The number of hydrogen-bond donors (Lipinski definition) is 0. The third-order valence-electron chi connectivity index (χ3n) is 2.86. The second-order valence-corrected chi connectivity index (χ2v) is 4.02. The van der Waals surface area contributed by atoms with Crippen LogP contribution < -0.4 is 10.2 Å². The molecule has 0 amide bonds. The molecule has 0 atom stereocenters. The zero-order valence-electron chi connectivity index (χ0n) is 9.97. The van der Waals surface area contributed by atoms with Gasteiger partial charge < -0.3 is 9.15 Å². The highest BCUT2D eigenvalue weighted by Gasteiger charge is 2.07. The fourth-order valence-electron chi connectivity index (χ4n) is 2.04. The molecule has 0 bridgehead atoms. The van der Waals surface area contributed by atoms with Crippen LogP contribution in [0.2, 0.25) is 0 Å². The van der Waals surface area contributed by atoms with Gasteiger partial charge in [-0.1, -0.05) is 12.1 Å². The first-order valence-corrected chi connectivity index (χ1v) is 5.88. The topological polar surface area (TPSA) is 39.4 Å². The number of para-hydroxylation sites is 1. The molecule has 3 aromatic rings. The molecule has 0 N–H and O–H groups in total. The van der Waals surface area contributed by atoms with E-state index in [0.29, 0.717) is 34.3 Å². The molecule has 0 radical (unpaired) electrons. The molecule has 2 aromatic carbocycles. The van der Waals surface area contributed by atoms with Crippen molar-refractivity contribution in [3.05, 3.63) is 52.7 Å². The minimum atomic E-state index is -0.00472. The zero-order valence-corrected chi connectivity index (χ0v) is 9.97. The molecule has 0 spiro atoms. The Hall–Kier alpha value is -2.29. The highest BCUT2D eigenvalue weighted by atomic mass is 16.5. The normalized spacial score (nSPS) is 10.9. The molecule has 0 aliphatic carbocycles. The largest absolute Gasteiger partial charge is 0.494 e. The van der Waals surface area contributed by atoms with E-state index in [1.807, 2.05) is 19.1 Å². The summed E-state index contributed by atoms with van der Waals surface area (Å²) in [4.78, 5) is 12.3. The summed E-state index contributed by atoms with van der Waals surface area (Å²) in [6.07, 6.45) is 0. The Balaban J connectivity index is 2.37. The maximum atomic E-state index is 12.3. The molecular formula is C15H12O3. The first-order valence-electron chi connectivity index (χ1n) is 5.88. The van der Waals surface area contributed by atoms with Gasteiger partial charge in [-0.2, -0.15) is 0 Å². The Labute approximate surface area is 104 Å². The molecule has 0 aliphatic heterocycles. The van der Waals surface area contributed by atoms with Crippen molar-refractivity contribution in [3.63, 3.8) is 0 Å². The van der Waals surface area contributed by atoms with Gasteiger partial charge in [-0.25, -0.2) is 0 Å². The molecule has 18 heavy (non-hydrogen) atoms. The Morgan fingerprint density at radius 1 is 1.06 bits per heavy atom. The minimum Gasteiger partial charge on any atom is -0.494 e. The molecule has 3 nitrogen and oxygen atoms in total. The van der Waals surface area contributed by atoms with Crippen LogP contribution in [0.4, 0.5) is 0 Å². The first kappa shape index (κ1) is 10.8. The molecule has 0 fully saturated rings. The maximum Gasteiger partial charge on any atom is 0.200 e. The van der Waals surface area contributed by atoms with Crippen molar-refractivity contribution in [1.29, 1.82) is 0 Å². The summed E-state index contributed by atoms with van der Waals surface area (Å²) in [5, 5.41) is 1.19. The third kappa shape index (κ3) is 1.64. The Kier molecular flexibility index (Phi) is 2.52. The van der Waals surface area contributed by atoms with E-state index in [1.165, 1.54) is 0 Å². The number of hydrogen-bond acceptors (Lipinski definition) is 3. The summed E-state index contributed by atoms with van der Waals surface area (Å²) < 4.78 is 11.1. The summed E-state index contributed by atoms with van der Waals surface area (Å²) in [7, 11) is 0. The van der Waals surface area contributed by atoms with E-state index in [-0.39, 0.29) is 5.43 Å². The zero-order chi connectivity index (χ0) is 12.5. The second-order valence-electron chi connectivity index (χ2n) is 4.02. The van der Waals surface area contributed by atoms with Gasteiger partial charge in [-0.3, -0.25) is 4.79 Å². The molecular weight excluding hydrogens is 228 g/mol. The average molecular weight is 240 g/mol. The van der Waals surface area contributed by atoms with Crippen LogP contribution in [0.3, 0.4) is 0 Å². The van der Waals surface area contributed by atoms with Crippen LogP contribution in [0.1, 0.15) is 6.92 Å². The third-order valence-corrected chi connectivity index (χ3v) is 2.86. The molecule has 0 saturated carbocycles. The van der Waals surface area contributed by atoms with Gasteiger partial charge in [-0.15, -0.1) is 0 Å². The summed E-state index contributed by atoms with van der Waals surface area (Å²) in [6.45, 7) is 2.50. The van der Waals surface area contributed by atoms with Crippen LogP contribution in [0.15, 0.2) is 51.7 Å². The summed E-state index contributed by atoms with van der Waals surface area (Å²) >= 11 is 0. The number of fused-ring (bicyclic) bond motifs is 2. The van der Waals surface area contributed by atoms with Gasteiger partial charge in [0.25, 0.3) is 0 Å². The molecule has 0 unspecified atom stereocenters. The standard InChI is InChI=1S/C15H12O3/c1-2-17-10-7-8-12-14(9-10)18-13-6-4-3-5-11(13)15(12)16/h3-9H,2H2,1H3. The van der Waals surface area contributed by atoms with E-state index in [4.69, 9.17) is 9.15 Å². The van der Waals surface area contributed by atoms with Gasteiger partial charge in [-0.05, 0) is 31.2 Å². The van der Waals surface area contributed by atoms with Crippen LogP contribution in [0.25, 0.3) is 21.9 Å². The van der Waals surface area contributed by atoms with Crippen LogP contribution in [0, 0.1) is 0 Å². The van der Waals surface area contributed by atoms with Gasteiger partial charge in [0.15, 0.2) is 0 Å². The van der Waals surface area contributed by atoms with Crippen molar-refractivity contribution < 1.29 is 9.15 Å². The average Bonchev–Trinajstić information content (AvgIpc) is 2.39. The lowest BCUT2D eigenvalue weighted by Gasteiger charge is -2.05. The van der Waals surface area contributed by atoms with Crippen molar-refractivity contribution >= 4 is 21.9 Å². The molecule has 3 heteroatoms. The van der Waals surface area contributed by atoms with E-state index in [9.17, 15) is 4.79 Å². The number of ether oxygens (including phenoxy) is 1. The van der Waals surface area contributed by atoms with E-state index < -0.39 is 0 Å². The van der Waals surface area contributed by atoms with Crippen LogP contribution in [-0.4, -0.2) is 6.61 Å². The van der Waals surface area contributed by atoms with Gasteiger partial charge in [0.05, 0.1) is 17.4 Å². The van der Waals surface area contributed by atoms with Crippen molar-refractivity contribution in [1.82, 2.24) is 0 Å². The van der Waals surface area contributed by atoms with E-state index in [0.717, 1.165) is 0 Å². The van der Waals surface area contributed by atoms with Gasteiger partial charge in [0.1, 0.15) is 16.9 Å². The Bertz CT molecular complexity index is 771. The fourth-order valence-corrected chi connectivity index (χ4v) is 2.04. The molecule has 0 saturated heterocycles. The quantitative estimate of drug-likeness (QED) is 0.645. The lowest BCUT2D eigenvalue weighted by Crippen LogP contribution is -2.02. The fraction of sp³-hybridized carbons (Fsp3) is 0.133. The summed E-state index contributed by atoms with van der Waals surface area (Å²) in [5.74, 6) is 0.712. The van der Waals surface area contributed by atoms with Crippen molar-refractivity contribution in [2.24, 2.45) is 0 Å². The highest BCUT2D eigenvalue weighted by molar-refractivity contribution is 5.90. The van der Waals surface area contributed by atoms with Crippen molar-refractivity contribution in [3.8, 4) is 5.75 Å². The van der Waals surface area contributed by atoms with E-state index in [1.54, 1.807) is 30.3 Å². The lowest BCUT2D eigenvalue weighted by atomic mass is 10.1. The molecule has 1 heterocycles. The van der Waals surface area contributed by atoms with Gasteiger partial charge in [0.2, 0.25) is 5.43 Å². The number of rotatable bonds is 2. The Morgan fingerprint density at radius 3 is 2.67 bits per heavy atom. The van der Waals surface area contributed by atoms with Crippen LogP contribution in [0.5, 0.6) is 5.75 Å². The van der Waals surface area contributed by atoms with Gasteiger partial charge >= 0.3 is 0 Å². The van der Waals surface area contributed by atoms with Crippen molar-refractivity contribution in [2.45, 2.75) is 6.92 Å². The molecule has 90 valence electrons. The highest BCUT2D eigenvalue weighted by Crippen LogP contribution is 2.22. The predicted molar refractivity (Wildman–Crippen MR) is 71.2 cm³/mol. The van der Waals surface area contributed by atoms with E-state index in [2.05, 4.69) is 0 Å². The minimum absolute atomic E-state index is 0.00472.